The van der Waals surface area contributed by atoms with Crippen molar-refractivity contribution in [3.05, 3.63) is 53.3 Å². The lowest BCUT2D eigenvalue weighted by Gasteiger charge is -2.29. The number of thiazole rings is 1. The Morgan fingerprint density at radius 1 is 1.17 bits per heavy atom. The molecule has 1 aromatic heterocycles. The minimum absolute atomic E-state index is 0.0103. The Morgan fingerprint density at radius 3 is 2.57 bits per heavy atom. The van der Waals surface area contributed by atoms with Gasteiger partial charge in [-0.1, -0.05) is 17.4 Å². The van der Waals surface area contributed by atoms with Crippen LogP contribution in [0.25, 0.3) is 10.2 Å². The number of hydrogen-bond donors (Lipinski definition) is 0. The topological polar surface area (TPSA) is 73.8 Å². The van der Waals surface area contributed by atoms with Gasteiger partial charge in [0.25, 0.3) is 0 Å². The molecule has 0 saturated carbocycles. The number of carbonyl (C=O) groups excluding carboxylic acids is 1. The highest BCUT2D eigenvalue weighted by Gasteiger charge is 2.42. The molecule has 4 rings (SSSR count). The van der Waals surface area contributed by atoms with Gasteiger partial charge in [-0.15, -0.1) is 0 Å². The number of aryl methyl sites for hydroxylation is 2. The van der Waals surface area contributed by atoms with Crippen LogP contribution < -0.4 is 4.90 Å². The molecule has 1 unspecified atom stereocenters. The Morgan fingerprint density at radius 2 is 1.89 bits per heavy atom. The molecule has 0 spiro atoms. The molecule has 1 saturated heterocycles. The Kier molecular flexibility index (Phi) is 7.56. The second-order valence-electron chi connectivity index (χ2n) is 9.30. The zero-order valence-electron chi connectivity index (χ0n) is 20.5. The first-order chi connectivity index (χ1) is 16.6. The van der Waals surface area contributed by atoms with Crippen LogP contribution in [0.5, 0.6) is 0 Å². The van der Waals surface area contributed by atoms with Crippen molar-refractivity contribution < 1.29 is 17.6 Å². The number of sulfonamides is 1. The van der Waals surface area contributed by atoms with Crippen molar-refractivity contribution >= 4 is 42.6 Å². The lowest BCUT2D eigenvalue weighted by molar-refractivity contribution is -0.121. The van der Waals surface area contributed by atoms with E-state index in [-0.39, 0.29) is 17.3 Å². The molecule has 0 bridgehead atoms. The summed E-state index contributed by atoms with van der Waals surface area (Å²) in [6.07, 6.45) is 1.75. The maximum Gasteiger partial charge on any atom is 0.247 e. The minimum Gasteiger partial charge on any atom is -0.309 e. The fourth-order valence-electron chi connectivity index (χ4n) is 4.52. The molecule has 2 aromatic carbocycles. The molecule has 10 heteroatoms. The number of anilines is 1. The molecule has 0 N–H and O–H groups in total. The maximum atomic E-state index is 13.9. The molecule has 1 amide bonds. The second kappa shape index (κ2) is 10.3. The van der Waals surface area contributed by atoms with Crippen LogP contribution in [0.3, 0.4) is 0 Å². The molecule has 0 aliphatic carbocycles. The Hall–Kier alpha value is -2.40. The van der Waals surface area contributed by atoms with E-state index in [1.807, 2.05) is 27.9 Å². The summed E-state index contributed by atoms with van der Waals surface area (Å²) in [5.41, 5.74) is 3.04. The summed E-state index contributed by atoms with van der Waals surface area (Å²) in [6, 6.07) is 8.05. The molecule has 3 aromatic rings. The Labute approximate surface area is 210 Å². The molecule has 0 radical (unpaired) electrons. The van der Waals surface area contributed by atoms with Gasteiger partial charge in [-0.3, -0.25) is 9.69 Å². The highest BCUT2D eigenvalue weighted by atomic mass is 32.2. The minimum atomic E-state index is -3.94. The van der Waals surface area contributed by atoms with E-state index in [0.717, 1.165) is 46.4 Å². The van der Waals surface area contributed by atoms with Gasteiger partial charge in [-0.05, 0) is 95.2 Å². The largest absolute Gasteiger partial charge is 0.309 e. The summed E-state index contributed by atoms with van der Waals surface area (Å²) in [7, 11) is 0.00997. The van der Waals surface area contributed by atoms with Gasteiger partial charge in [0.05, 0.1) is 15.1 Å². The summed E-state index contributed by atoms with van der Waals surface area (Å²) in [4.78, 5) is 22.4. The van der Waals surface area contributed by atoms with E-state index in [0.29, 0.717) is 24.5 Å². The zero-order valence-corrected chi connectivity index (χ0v) is 22.1. The highest BCUT2D eigenvalue weighted by molar-refractivity contribution is 7.89. The number of fused-ring (bicyclic) bond motifs is 1. The van der Waals surface area contributed by atoms with E-state index in [1.165, 1.54) is 27.8 Å². The molecular weight excluding hydrogens is 487 g/mol. The first-order valence-electron chi connectivity index (χ1n) is 11.7. The monoisotopic (exact) mass is 518 g/mol. The maximum absolute atomic E-state index is 13.9. The van der Waals surface area contributed by atoms with Crippen molar-refractivity contribution in [2.45, 2.75) is 44.0 Å². The average Bonchev–Trinajstić information content (AvgIpc) is 3.44. The van der Waals surface area contributed by atoms with Crippen LogP contribution in [-0.4, -0.2) is 68.3 Å². The van der Waals surface area contributed by atoms with Gasteiger partial charge in [0.15, 0.2) is 5.13 Å². The number of nitrogens with zero attached hydrogens (tertiary/aromatic N) is 4. The van der Waals surface area contributed by atoms with Crippen molar-refractivity contribution in [3.8, 4) is 0 Å². The van der Waals surface area contributed by atoms with Crippen LogP contribution in [0.2, 0.25) is 0 Å². The number of carbonyl (C=O) groups is 1. The van der Waals surface area contributed by atoms with Crippen LogP contribution >= 0.6 is 11.3 Å². The van der Waals surface area contributed by atoms with Gasteiger partial charge in [-0.25, -0.2) is 17.8 Å². The van der Waals surface area contributed by atoms with E-state index in [4.69, 9.17) is 4.98 Å². The number of amides is 1. The quantitative estimate of drug-likeness (QED) is 0.447. The first kappa shape index (κ1) is 25.7. The SMILES string of the molecule is Cc1cc(C)c2nc(N(CCCN(C)C)C(=O)C3CCCN3S(=O)(=O)c3ccc(F)cc3)sc2c1. The molecule has 1 aliphatic heterocycles. The van der Waals surface area contributed by atoms with E-state index in [2.05, 4.69) is 17.0 Å². The van der Waals surface area contributed by atoms with Gasteiger partial charge in [0.1, 0.15) is 11.9 Å². The zero-order chi connectivity index (χ0) is 25.3. The van der Waals surface area contributed by atoms with Crippen LogP contribution in [-0.2, 0) is 14.8 Å². The fraction of sp³-hybridized carbons (Fsp3) is 0.440. The van der Waals surface area contributed by atoms with E-state index >= 15 is 0 Å². The van der Waals surface area contributed by atoms with Gasteiger partial charge >= 0.3 is 0 Å². The molecule has 1 aliphatic rings. The van der Waals surface area contributed by atoms with E-state index < -0.39 is 21.9 Å². The van der Waals surface area contributed by atoms with Gasteiger partial charge in [-0.2, -0.15) is 4.31 Å². The molecule has 2 heterocycles. The van der Waals surface area contributed by atoms with Crippen LogP contribution in [0.4, 0.5) is 9.52 Å². The highest BCUT2D eigenvalue weighted by Crippen LogP contribution is 2.34. The van der Waals surface area contributed by atoms with Crippen molar-refractivity contribution in [1.29, 1.82) is 0 Å². The first-order valence-corrected chi connectivity index (χ1v) is 13.9. The number of hydrogen-bond acceptors (Lipinski definition) is 6. The molecule has 1 fully saturated rings. The molecular formula is C25H31FN4O3S2. The summed E-state index contributed by atoms with van der Waals surface area (Å²) in [5.74, 6) is -0.771. The third-order valence-electron chi connectivity index (χ3n) is 6.21. The van der Waals surface area contributed by atoms with Crippen LogP contribution in [0.15, 0.2) is 41.3 Å². The lowest BCUT2D eigenvalue weighted by atomic mass is 10.1. The summed E-state index contributed by atoms with van der Waals surface area (Å²) < 4.78 is 42.4. The van der Waals surface area contributed by atoms with Gasteiger partial charge in [0.2, 0.25) is 15.9 Å². The summed E-state index contributed by atoms with van der Waals surface area (Å²) in [6.45, 7) is 5.51. The third kappa shape index (κ3) is 5.40. The van der Waals surface area contributed by atoms with Crippen LogP contribution in [0, 0.1) is 19.7 Å². The number of halogens is 1. The van der Waals surface area contributed by atoms with Gasteiger partial charge < -0.3 is 4.90 Å². The van der Waals surface area contributed by atoms with Crippen molar-refractivity contribution in [1.82, 2.24) is 14.2 Å². The number of benzene rings is 2. The standard InChI is InChI=1S/C25H31FN4O3S2/c1-17-15-18(2)23-22(16-17)34-25(27-23)29(13-6-12-28(3)4)24(31)21-7-5-14-30(21)35(32,33)20-10-8-19(26)9-11-20/h8-11,15-16,21H,5-7,12-14H2,1-4H3. The molecule has 1 atom stereocenters. The summed E-state index contributed by atoms with van der Waals surface area (Å²) in [5, 5.41) is 0.587. The lowest BCUT2D eigenvalue weighted by Crippen LogP contribution is -2.48. The summed E-state index contributed by atoms with van der Waals surface area (Å²) >= 11 is 1.46. The third-order valence-corrected chi connectivity index (χ3v) is 9.16. The smallest absolute Gasteiger partial charge is 0.247 e. The molecule has 35 heavy (non-hydrogen) atoms. The van der Waals surface area contributed by atoms with Gasteiger partial charge in [0, 0.05) is 13.1 Å². The Balaban J connectivity index is 1.68. The predicted molar refractivity (Wildman–Crippen MR) is 138 cm³/mol. The Bertz CT molecular complexity index is 1320. The van der Waals surface area contributed by atoms with Crippen LogP contribution in [0.1, 0.15) is 30.4 Å². The normalized spacial score (nSPS) is 16.9. The van der Waals surface area contributed by atoms with E-state index in [9.17, 15) is 17.6 Å². The van der Waals surface area contributed by atoms with Crippen molar-refractivity contribution in [2.75, 3.05) is 38.6 Å². The van der Waals surface area contributed by atoms with E-state index in [1.54, 1.807) is 4.90 Å². The number of rotatable bonds is 8. The van der Waals surface area contributed by atoms with Crippen molar-refractivity contribution in [2.24, 2.45) is 0 Å². The second-order valence-corrected chi connectivity index (χ2v) is 12.2. The molecule has 188 valence electrons. The van der Waals surface area contributed by atoms with Crippen molar-refractivity contribution in [3.63, 3.8) is 0 Å². The fourth-order valence-corrected chi connectivity index (χ4v) is 7.34. The predicted octanol–water partition coefficient (Wildman–Crippen LogP) is 4.19. The number of aromatic nitrogens is 1. The molecule has 7 nitrogen and oxygen atoms in total. The average molecular weight is 519 g/mol.